The van der Waals surface area contributed by atoms with Crippen molar-refractivity contribution >= 4 is 10.0 Å². The van der Waals surface area contributed by atoms with Crippen molar-refractivity contribution in [1.29, 1.82) is 0 Å². The number of furan rings is 1. The van der Waals surface area contributed by atoms with Crippen molar-refractivity contribution in [2.75, 3.05) is 0 Å². The Morgan fingerprint density at radius 2 is 1.67 bits per heavy atom. The number of aliphatic hydroxyl groups is 1. The van der Waals surface area contributed by atoms with Gasteiger partial charge in [-0.05, 0) is 26.7 Å². The standard InChI is InChI=1S/C15H25NO4S/c1-11-14(10-17)15(12(2)20-11)21(18,19)16-13-8-6-4-3-5-7-9-13/h13,16-17H,3-10H2,1-2H3. The first-order chi connectivity index (χ1) is 9.95. The molecule has 2 rings (SSSR count). The van der Waals surface area contributed by atoms with Crippen LogP contribution in [0.25, 0.3) is 0 Å². The van der Waals surface area contributed by atoms with Crippen LogP contribution in [-0.2, 0) is 16.6 Å². The zero-order chi connectivity index (χ0) is 15.5. The van der Waals surface area contributed by atoms with Crippen molar-refractivity contribution in [2.45, 2.75) is 76.3 Å². The van der Waals surface area contributed by atoms with Crippen molar-refractivity contribution in [2.24, 2.45) is 0 Å². The maximum Gasteiger partial charge on any atom is 0.244 e. The zero-order valence-electron chi connectivity index (χ0n) is 12.8. The van der Waals surface area contributed by atoms with Crippen LogP contribution in [0.3, 0.4) is 0 Å². The first-order valence-electron chi connectivity index (χ1n) is 7.67. The van der Waals surface area contributed by atoms with E-state index < -0.39 is 10.0 Å². The van der Waals surface area contributed by atoms with E-state index in [0.717, 1.165) is 25.7 Å². The van der Waals surface area contributed by atoms with Crippen LogP contribution in [0.15, 0.2) is 9.31 Å². The summed E-state index contributed by atoms with van der Waals surface area (Å²) in [6.07, 6.45) is 7.46. The molecule has 1 aromatic rings. The minimum Gasteiger partial charge on any atom is -0.465 e. The molecule has 0 bridgehead atoms. The largest absolute Gasteiger partial charge is 0.465 e. The number of hydrogen-bond acceptors (Lipinski definition) is 4. The Kier molecular flexibility index (Phi) is 5.46. The average molecular weight is 315 g/mol. The van der Waals surface area contributed by atoms with Crippen LogP contribution in [-0.4, -0.2) is 19.6 Å². The highest BCUT2D eigenvalue weighted by molar-refractivity contribution is 7.89. The van der Waals surface area contributed by atoms with Crippen LogP contribution >= 0.6 is 0 Å². The number of nitrogens with one attached hydrogen (secondary N) is 1. The molecule has 2 N–H and O–H groups in total. The van der Waals surface area contributed by atoms with Gasteiger partial charge in [-0.25, -0.2) is 13.1 Å². The summed E-state index contributed by atoms with van der Waals surface area (Å²) in [6, 6.07) is -0.0172. The second-order valence-corrected chi connectivity index (χ2v) is 7.49. The van der Waals surface area contributed by atoms with Gasteiger partial charge in [0.2, 0.25) is 10.0 Å². The third-order valence-corrected chi connectivity index (χ3v) is 5.89. The monoisotopic (exact) mass is 315 g/mol. The maximum absolute atomic E-state index is 12.6. The quantitative estimate of drug-likeness (QED) is 0.895. The van der Waals surface area contributed by atoms with E-state index in [1.807, 2.05) is 0 Å². The van der Waals surface area contributed by atoms with Gasteiger partial charge in [-0.15, -0.1) is 0 Å². The summed E-state index contributed by atoms with van der Waals surface area (Å²) >= 11 is 0. The molecule has 5 nitrogen and oxygen atoms in total. The summed E-state index contributed by atoms with van der Waals surface area (Å²) in [7, 11) is -3.64. The Labute approximate surface area is 126 Å². The lowest BCUT2D eigenvalue weighted by Crippen LogP contribution is -2.35. The lowest BCUT2D eigenvalue weighted by atomic mass is 9.97. The SMILES string of the molecule is Cc1oc(C)c(S(=O)(=O)NC2CCCCCCC2)c1CO. The van der Waals surface area contributed by atoms with Gasteiger partial charge < -0.3 is 9.52 Å². The van der Waals surface area contributed by atoms with Crippen LogP contribution < -0.4 is 4.72 Å². The van der Waals surface area contributed by atoms with Gasteiger partial charge >= 0.3 is 0 Å². The molecule has 120 valence electrons. The van der Waals surface area contributed by atoms with Crippen molar-refractivity contribution < 1.29 is 17.9 Å². The summed E-state index contributed by atoms with van der Waals surface area (Å²) in [6.45, 7) is 2.97. The molecule has 0 unspecified atom stereocenters. The van der Waals surface area contributed by atoms with Crippen LogP contribution in [0.1, 0.15) is 62.0 Å². The molecular weight excluding hydrogens is 290 g/mol. The maximum atomic E-state index is 12.6. The molecule has 21 heavy (non-hydrogen) atoms. The Balaban J connectivity index is 2.21. The second-order valence-electron chi connectivity index (χ2n) is 5.84. The lowest BCUT2D eigenvalue weighted by Gasteiger charge is -2.21. The van der Waals surface area contributed by atoms with Gasteiger partial charge in [0.15, 0.2) is 0 Å². The number of sulfonamides is 1. The number of rotatable bonds is 4. The molecule has 1 aromatic heterocycles. The Bertz CT molecular complexity index is 569. The van der Waals surface area contributed by atoms with Gasteiger partial charge in [-0.2, -0.15) is 0 Å². The minimum absolute atomic E-state index is 0.0172. The molecule has 6 heteroatoms. The van der Waals surface area contributed by atoms with E-state index in [1.165, 1.54) is 19.3 Å². The van der Waals surface area contributed by atoms with Crippen molar-refractivity contribution in [3.05, 3.63) is 17.1 Å². The molecule has 0 aromatic carbocycles. The number of aliphatic hydroxyl groups excluding tert-OH is 1. The van der Waals surface area contributed by atoms with Crippen LogP contribution in [0, 0.1) is 13.8 Å². The Hall–Kier alpha value is -0.850. The molecule has 1 aliphatic rings. The number of aryl methyl sites for hydroxylation is 2. The topological polar surface area (TPSA) is 79.5 Å². The molecule has 1 aliphatic carbocycles. The normalized spacial score (nSPS) is 18.4. The Morgan fingerprint density at radius 1 is 1.10 bits per heavy atom. The van der Waals surface area contributed by atoms with E-state index in [0.29, 0.717) is 17.1 Å². The molecule has 0 spiro atoms. The molecule has 1 heterocycles. The van der Waals surface area contributed by atoms with Crippen molar-refractivity contribution in [1.82, 2.24) is 4.72 Å². The molecule has 0 radical (unpaired) electrons. The fraction of sp³-hybridized carbons (Fsp3) is 0.733. The summed E-state index contributed by atoms with van der Waals surface area (Å²) in [5.74, 6) is 0.808. The molecule has 0 saturated heterocycles. The molecular formula is C15H25NO4S. The second kappa shape index (κ2) is 6.94. The van der Waals surface area contributed by atoms with E-state index in [2.05, 4.69) is 4.72 Å². The predicted molar refractivity (Wildman–Crippen MR) is 80.5 cm³/mol. The smallest absolute Gasteiger partial charge is 0.244 e. The van der Waals surface area contributed by atoms with E-state index in [4.69, 9.17) is 4.42 Å². The summed E-state index contributed by atoms with van der Waals surface area (Å²) in [5, 5.41) is 9.41. The van der Waals surface area contributed by atoms with Gasteiger partial charge in [-0.1, -0.05) is 32.1 Å². The molecule has 0 atom stereocenters. The molecule has 1 saturated carbocycles. The van der Waals surface area contributed by atoms with Gasteiger partial charge in [0.05, 0.1) is 6.61 Å². The Morgan fingerprint density at radius 3 is 2.24 bits per heavy atom. The van der Waals surface area contributed by atoms with Crippen molar-refractivity contribution in [3.63, 3.8) is 0 Å². The van der Waals surface area contributed by atoms with Gasteiger partial charge in [0, 0.05) is 11.6 Å². The highest BCUT2D eigenvalue weighted by atomic mass is 32.2. The van der Waals surface area contributed by atoms with Gasteiger partial charge in [0.25, 0.3) is 0 Å². The predicted octanol–water partition coefficient (Wildman–Crippen LogP) is 2.78. The van der Waals surface area contributed by atoms with E-state index in [9.17, 15) is 13.5 Å². The number of hydrogen-bond donors (Lipinski definition) is 2. The summed E-state index contributed by atoms with van der Waals surface area (Å²) < 4.78 is 33.4. The lowest BCUT2D eigenvalue weighted by molar-refractivity contribution is 0.276. The first-order valence-corrected chi connectivity index (χ1v) is 9.16. The van der Waals surface area contributed by atoms with Crippen LogP contribution in [0.2, 0.25) is 0 Å². The van der Waals surface area contributed by atoms with Crippen molar-refractivity contribution in [3.8, 4) is 0 Å². The summed E-state index contributed by atoms with van der Waals surface area (Å²) in [5.41, 5.74) is 0.367. The third kappa shape index (κ3) is 3.87. The van der Waals surface area contributed by atoms with Crippen LogP contribution in [0.5, 0.6) is 0 Å². The first kappa shape index (κ1) is 16.5. The third-order valence-electron chi connectivity index (χ3n) is 4.18. The highest BCUT2D eigenvalue weighted by Crippen LogP contribution is 2.27. The fourth-order valence-electron chi connectivity index (χ4n) is 3.10. The zero-order valence-corrected chi connectivity index (χ0v) is 13.6. The summed E-state index contributed by atoms with van der Waals surface area (Å²) in [4.78, 5) is 0.115. The van der Waals surface area contributed by atoms with Gasteiger partial charge in [0.1, 0.15) is 16.4 Å². The van der Waals surface area contributed by atoms with E-state index in [-0.39, 0.29) is 17.5 Å². The minimum atomic E-state index is -3.64. The van der Waals surface area contributed by atoms with E-state index >= 15 is 0 Å². The fourth-order valence-corrected chi connectivity index (χ4v) is 4.84. The molecule has 0 amide bonds. The average Bonchev–Trinajstić information content (AvgIpc) is 2.67. The van der Waals surface area contributed by atoms with E-state index in [1.54, 1.807) is 13.8 Å². The van der Waals surface area contributed by atoms with Crippen LogP contribution in [0.4, 0.5) is 0 Å². The molecule has 0 aliphatic heterocycles. The highest BCUT2D eigenvalue weighted by Gasteiger charge is 2.28. The molecule has 1 fully saturated rings. The van der Waals surface area contributed by atoms with Gasteiger partial charge in [-0.3, -0.25) is 0 Å².